The van der Waals surface area contributed by atoms with Gasteiger partial charge in [-0.1, -0.05) is 35.5 Å². The number of hydrogen-bond acceptors (Lipinski definition) is 2. The summed E-state index contributed by atoms with van der Waals surface area (Å²) in [5.74, 6) is 0.411. The fourth-order valence-electron chi connectivity index (χ4n) is 0.824. The molecule has 1 aromatic carbocycles. The Kier molecular flexibility index (Phi) is 3.31. The molecule has 0 aliphatic heterocycles. The number of amidine groups is 1. The van der Waals surface area contributed by atoms with Crippen molar-refractivity contribution in [3.8, 4) is 0 Å². The van der Waals surface area contributed by atoms with Crippen LogP contribution in [0.2, 0.25) is 0 Å². The van der Waals surface area contributed by atoms with Crippen LogP contribution in [-0.4, -0.2) is 11.9 Å². The van der Waals surface area contributed by atoms with Crippen LogP contribution < -0.4 is 5.73 Å². The molecule has 3 heteroatoms. The summed E-state index contributed by atoms with van der Waals surface area (Å²) >= 11 is 0. The first-order chi connectivity index (χ1) is 6.20. The summed E-state index contributed by atoms with van der Waals surface area (Å²) < 4.78 is 0. The fourth-order valence-corrected chi connectivity index (χ4v) is 0.824. The number of rotatable bonds is 3. The molecule has 3 nitrogen and oxygen atoms in total. The Labute approximate surface area is 78.2 Å². The molecule has 0 aliphatic carbocycles. The Bertz CT molecular complexity index is 280. The topological polar surface area (TPSA) is 47.6 Å². The highest BCUT2D eigenvalue weighted by Gasteiger charge is 1.97. The summed E-state index contributed by atoms with van der Waals surface area (Å²) in [5, 5.41) is 3.79. The molecule has 0 unspecified atom stereocenters. The van der Waals surface area contributed by atoms with E-state index in [0.717, 1.165) is 5.56 Å². The Balaban J connectivity index is 2.68. The zero-order valence-corrected chi connectivity index (χ0v) is 7.90. The van der Waals surface area contributed by atoms with E-state index in [4.69, 9.17) is 10.6 Å². The van der Waals surface area contributed by atoms with Crippen molar-refractivity contribution in [2.45, 2.75) is 20.0 Å². The Morgan fingerprint density at radius 2 is 1.92 bits per heavy atom. The lowest BCUT2D eigenvalue weighted by molar-refractivity contribution is 0.0858. The predicted molar refractivity (Wildman–Crippen MR) is 53.4 cm³/mol. The molecule has 0 atom stereocenters. The Hall–Kier alpha value is -1.51. The third-order valence-electron chi connectivity index (χ3n) is 1.43. The zero-order chi connectivity index (χ0) is 9.68. The summed E-state index contributed by atoms with van der Waals surface area (Å²) in [6, 6.07) is 9.53. The Morgan fingerprint density at radius 3 is 2.46 bits per heavy atom. The van der Waals surface area contributed by atoms with Crippen molar-refractivity contribution < 1.29 is 4.84 Å². The van der Waals surface area contributed by atoms with Crippen LogP contribution in [0.4, 0.5) is 0 Å². The van der Waals surface area contributed by atoms with Gasteiger partial charge in [0.15, 0.2) is 5.84 Å². The maximum atomic E-state index is 5.67. The minimum Gasteiger partial charge on any atom is -0.391 e. The first kappa shape index (κ1) is 9.58. The molecular formula is C10H14N2O. The van der Waals surface area contributed by atoms with Crippen LogP contribution in [0.3, 0.4) is 0 Å². The van der Waals surface area contributed by atoms with Gasteiger partial charge in [0.2, 0.25) is 0 Å². The van der Waals surface area contributed by atoms with Gasteiger partial charge in [0.25, 0.3) is 0 Å². The van der Waals surface area contributed by atoms with Crippen LogP contribution in [0.1, 0.15) is 19.4 Å². The molecule has 13 heavy (non-hydrogen) atoms. The van der Waals surface area contributed by atoms with Crippen LogP contribution in [0.15, 0.2) is 35.5 Å². The van der Waals surface area contributed by atoms with E-state index in [1.807, 2.05) is 44.2 Å². The molecule has 0 bridgehead atoms. The molecule has 1 aromatic rings. The third-order valence-corrected chi connectivity index (χ3v) is 1.43. The molecule has 2 N–H and O–H groups in total. The van der Waals surface area contributed by atoms with Crippen LogP contribution in [0.5, 0.6) is 0 Å². The van der Waals surface area contributed by atoms with Crippen molar-refractivity contribution in [1.29, 1.82) is 0 Å². The van der Waals surface area contributed by atoms with Crippen LogP contribution >= 0.6 is 0 Å². The molecule has 1 rings (SSSR count). The molecule has 0 heterocycles. The first-order valence-corrected chi connectivity index (χ1v) is 4.25. The second-order valence-electron chi connectivity index (χ2n) is 3.00. The minimum absolute atomic E-state index is 0.0577. The van der Waals surface area contributed by atoms with E-state index in [1.165, 1.54) is 0 Å². The highest BCUT2D eigenvalue weighted by molar-refractivity contribution is 5.96. The molecule has 0 aliphatic rings. The lowest BCUT2D eigenvalue weighted by atomic mass is 10.2. The maximum Gasteiger partial charge on any atom is 0.170 e. The molecule has 0 saturated heterocycles. The summed E-state index contributed by atoms with van der Waals surface area (Å²) in [6.45, 7) is 3.81. The average molecular weight is 178 g/mol. The Morgan fingerprint density at radius 1 is 1.31 bits per heavy atom. The van der Waals surface area contributed by atoms with E-state index < -0.39 is 0 Å². The molecule has 0 radical (unpaired) electrons. The van der Waals surface area contributed by atoms with Crippen molar-refractivity contribution in [2.75, 3.05) is 0 Å². The highest BCUT2D eigenvalue weighted by Crippen LogP contribution is 1.98. The largest absolute Gasteiger partial charge is 0.391 e. The van der Waals surface area contributed by atoms with E-state index in [1.54, 1.807) is 0 Å². The summed E-state index contributed by atoms with van der Waals surface area (Å²) in [7, 11) is 0. The number of nitrogens with two attached hydrogens (primary N) is 1. The van der Waals surface area contributed by atoms with E-state index in [2.05, 4.69) is 5.16 Å². The molecule has 70 valence electrons. The lowest BCUT2D eigenvalue weighted by Gasteiger charge is -2.03. The van der Waals surface area contributed by atoms with Crippen molar-refractivity contribution >= 4 is 5.84 Å². The van der Waals surface area contributed by atoms with Gasteiger partial charge in [-0.15, -0.1) is 0 Å². The van der Waals surface area contributed by atoms with Gasteiger partial charge < -0.3 is 10.6 Å². The smallest absolute Gasteiger partial charge is 0.170 e. The number of hydrogen-bond donors (Lipinski definition) is 1. The predicted octanol–water partition coefficient (Wildman–Crippen LogP) is 1.73. The molecular weight excluding hydrogens is 164 g/mol. The van der Waals surface area contributed by atoms with Crippen LogP contribution in [0, 0.1) is 0 Å². The van der Waals surface area contributed by atoms with Gasteiger partial charge in [0, 0.05) is 5.56 Å². The standard InChI is InChI=1S/C10H14N2O/c1-8(2)13-12-10(11)9-6-4-3-5-7-9/h3-8H,1-2H3,(H2,11,12). The zero-order valence-electron chi connectivity index (χ0n) is 7.90. The van der Waals surface area contributed by atoms with Crippen molar-refractivity contribution in [1.82, 2.24) is 0 Å². The molecule has 0 aromatic heterocycles. The number of nitrogens with zero attached hydrogens (tertiary/aromatic N) is 1. The van der Waals surface area contributed by atoms with Gasteiger partial charge in [-0.25, -0.2) is 0 Å². The van der Waals surface area contributed by atoms with Crippen LogP contribution in [0.25, 0.3) is 0 Å². The van der Waals surface area contributed by atoms with Gasteiger partial charge in [-0.3, -0.25) is 0 Å². The van der Waals surface area contributed by atoms with Gasteiger partial charge in [0.1, 0.15) is 6.10 Å². The summed E-state index contributed by atoms with van der Waals surface area (Å²) in [6.07, 6.45) is 0.0577. The van der Waals surface area contributed by atoms with E-state index >= 15 is 0 Å². The molecule has 0 spiro atoms. The van der Waals surface area contributed by atoms with Crippen LogP contribution in [-0.2, 0) is 4.84 Å². The quantitative estimate of drug-likeness (QED) is 0.435. The second kappa shape index (κ2) is 4.50. The first-order valence-electron chi connectivity index (χ1n) is 4.25. The van der Waals surface area contributed by atoms with E-state index in [0.29, 0.717) is 5.84 Å². The number of oxime groups is 1. The minimum atomic E-state index is 0.0577. The van der Waals surface area contributed by atoms with Crippen molar-refractivity contribution in [3.05, 3.63) is 35.9 Å². The number of benzene rings is 1. The third kappa shape index (κ3) is 3.15. The molecule has 0 saturated carbocycles. The molecule has 0 fully saturated rings. The SMILES string of the molecule is CC(C)ON=C(N)c1ccccc1. The van der Waals surface area contributed by atoms with Gasteiger partial charge >= 0.3 is 0 Å². The normalized spacial score (nSPS) is 11.8. The maximum absolute atomic E-state index is 5.67. The monoisotopic (exact) mass is 178 g/mol. The second-order valence-corrected chi connectivity index (χ2v) is 3.00. The highest BCUT2D eigenvalue weighted by atomic mass is 16.6. The summed E-state index contributed by atoms with van der Waals surface area (Å²) in [5.41, 5.74) is 6.55. The van der Waals surface area contributed by atoms with Crippen molar-refractivity contribution in [3.63, 3.8) is 0 Å². The van der Waals surface area contributed by atoms with E-state index in [9.17, 15) is 0 Å². The average Bonchev–Trinajstić information content (AvgIpc) is 2.15. The molecule has 0 amide bonds. The van der Waals surface area contributed by atoms with Gasteiger partial charge in [-0.2, -0.15) is 0 Å². The van der Waals surface area contributed by atoms with Crippen molar-refractivity contribution in [2.24, 2.45) is 10.9 Å². The van der Waals surface area contributed by atoms with Gasteiger partial charge in [0.05, 0.1) is 0 Å². The lowest BCUT2D eigenvalue weighted by Crippen LogP contribution is -2.14. The fraction of sp³-hybridized carbons (Fsp3) is 0.300. The van der Waals surface area contributed by atoms with Gasteiger partial charge in [-0.05, 0) is 13.8 Å². The van der Waals surface area contributed by atoms with E-state index in [-0.39, 0.29) is 6.10 Å². The summed E-state index contributed by atoms with van der Waals surface area (Å²) in [4.78, 5) is 5.02.